The topological polar surface area (TPSA) is 69.0 Å². The molecule has 3 aromatic carbocycles. The molecule has 0 spiro atoms. The molecule has 150 valence electrons. The summed E-state index contributed by atoms with van der Waals surface area (Å²) in [5.74, 6) is 1.05. The van der Waals surface area contributed by atoms with Crippen LogP contribution in [0.1, 0.15) is 21.7 Å². The van der Waals surface area contributed by atoms with Crippen LogP contribution in [-0.2, 0) is 0 Å². The first kappa shape index (κ1) is 19.4. The molecule has 0 unspecified atom stereocenters. The number of aromatic nitrogens is 3. The Balaban J connectivity index is 1.71. The lowest BCUT2D eigenvalue weighted by Crippen LogP contribution is -2.14. The fourth-order valence-corrected chi connectivity index (χ4v) is 3.03. The summed E-state index contributed by atoms with van der Waals surface area (Å²) in [5, 5.41) is 7.35. The number of carbonyl (C=O) groups is 1. The predicted molar refractivity (Wildman–Crippen MR) is 117 cm³/mol. The third-order valence-electron chi connectivity index (χ3n) is 4.75. The molecule has 1 aromatic heterocycles. The van der Waals surface area contributed by atoms with Crippen LogP contribution in [0.25, 0.3) is 17.1 Å². The molecule has 1 N–H and O–H groups in total. The minimum atomic E-state index is -0.376. The van der Waals surface area contributed by atoms with Gasteiger partial charge in [0, 0.05) is 11.3 Å². The van der Waals surface area contributed by atoms with Gasteiger partial charge in [-0.1, -0.05) is 47.5 Å². The molecule has 0 aliphatic carbocycles. The molecule has 0 radical (unpaired) electrons. The molecule has 6 heteroatoms. The number of rotatable bonds is 5. The van der Waals surface area contributed by atoms with Crippen molar-refractivity contribution in [3.8, 4) is 22.8 Å². The average molecular weight is 398 g/mol. The van der Waals surface area contributed by atoms with Gasteiger partial charge in [-0.05, 0) is 50.2 Å². The molecular weight excluding hydrogens is 376 g/mol. The van der Waals surface area contributed by atoms with Gasteiger partial charge >= 0.3 is 0 Å². The Kier molecular flexibility index (Phi) is 5.30. The van der Waals surface area contributed by atoms with Gasteiger partial charge in [-0.2, -0.15) is 0 Å². The minimum Gasteiger partial charge on any atom is -0.497 e. The molecule has 0 saturated heterocycles. The zero-order valence-electron chi connectivity index (χ0n) is 17.1. The average Bonchev–Trinajstić information content (AvgIpc) is 3.21. The molecule has 0 fully saturated rings. The Hall–Kier alpha value is -3.93. The minimum absolute atomic E-state index is 0.0990. The molecule has 0 aliphatic heterocycles. The summed E-state index contributed by atoms with van der Waals surface area (Å²) in [7, 11) is 1.60. The van der Waals surface area contributed by atoms with Crippen LogP contribution in [0.2, 0.25) is 0 Å². The summed E-state index contributed by atoms with van der Waals surface area (Å²) in [4.78, 5) is 17.4. The predicted octanol–water partition coefficient (Wildman–Crippen LogP) is 4.81. The maximum Gasteiger partial charge on any atom is 0.295 e. The van der Waals surface area contributed by atoms with Crippen molar-refractivity contribution in [3.05, 3.63) is 89.7 Å². The number of methoxy groups -OCH3 is 1. The van der Waals surface area contributed by atoms with E-state index in [0.29, 0.717) is 11.5 Å². The van der Waals surface area contributed by atoms with Gasteiger partial charge in [0.15, 0.2) is 5.82 Å². The van der Waals surface area contributed by atoms with E-state index in [1.807, 2.05) is 62.4 Å². The van der Waals surface area contributed by atoms with Crippen LogP contribution in [0.3, 0.4) is 0 Å². The van der Waals surface area contributed by atoms with Crippen molar-refractivity contribution in [2.24, 2.45) is 0 Å². The van der Waals surface area contributed by atoms with Crippen LogP contribution in [-0.4, -0.2) is 27.8 Å². The van der Waals surface area contributed by atoms with Crippen molar-refractivity contribution in [1.82, 2.24) is 14.8 Å². The van der Waals surface area contributed by atoms with E-state index in [0.717, 1.165) is 28.1 Å². The van der Waals surface area contributed by atoms with Crippen molar-refractivity contribution >= 4 is 11.6 Å². The second-order valence-electron chi connectivity index (χ2n) is 7.06. The van der Waals surface area contributed by atoms with Crippen molar-refractivity contribution in [1.29, 1.82) is 0 Å². The van der Waals surface area contributed by atoms with Crippen molar-refractivity contribution < 1.29 is 9.53 Å². The molecule has 1 amide bonds. The number of amides is 1. The highest BCUT2D eigenvalue weighted by atomic mass is 16.5. The Morgan fingerprint density at radius 3 is 2.07 bits per heavy atom. The molecule has 0 atom stereocenters. The van der Waals surface area contributed by atoms with E-state index in [9.17, 15) is 4.79 Å². The fourth-order valence-electron chi connectivity index (χ4n) is 3.03. The standard InChI is InChI=1S/C24H22N4O2/c1-16-4-8-18(9-5-16)23-26-22(27-28(23)20-12-6-17(2)7-13-20)24(29)25-19-10-14-21(30-3)15-11-19/h4-15H,1-3H3,(H,25,29). The lowest BCUT2D eigenvalue weighted by molar-refractivity contribution is 0.101. The molecule has 0 saturated carbocycles. The van der Waals surface area contributed by atoms with Crippen molar-refractivity contribution in [3.63, 3.8) is 0 Å². The zero-order valence-corrected chi connectivity index (χ0v) is 17.1. The number of carbonyl (C=O) groups excluding carboxylic acids is 1. The van der Waals surface area contributed by atoms with Gasteiger partial charge in [-0.3, -0.25) is 4.79 Å². The number of aryl methyl sites for hydroxylation is 2. The number of benzene rings is 3. The quantitative estimate of drug-likeness (QED) is 0.524. The lowest BCUT2D eigenvalue weighted by atomic mass is 10.1. The molecule has 4 aromatic rings. The zero-order chi connectivity index (χ0) is 21.1. The Bertz CT molecular complexity index is 1100. The summed E-state index contributed by atoms with van der Waals surface area (Å²) in [6.07, 6.45) is 0. The summed E-state index contributed by atoms with van der Waals surface area (Å²) in [5.41, 5.74) is 4.67. The molecule has 30 heavy (non-hydrogen) atoms. The van der Waals surface area contributed by atoms with Gasteiger partial charge in [-0.15, -0.1) is 5.10 Å². The van der Waals surface area contributed by atoms with E-state index in [4.69, 9.17) is 4.74 Å². The maximum absolute atomic E-state index is 12.8. The second kappa shape index (κ2) is 8.21. The third-order valence-corrected chi connectivity index (χ3v) is 4.75. The Morgan fingerprint density at radius 1 is 0.867 bits per heavy atom. The lowest BCUT2D eigenvalue weighted by Gasteiger charge is -2.06. The van der Waals surface area contributed by atoms with Gasteiger partial charge in [0.1, 0.15) is 5.75 Å². The number of nitrogens with one attached hydrogen (secondary N) is 1. The largest absolute Gasteiger partial charge is 0.497 e. The number of nitrogens with zero attached hydrogens (tertiary/aromatic N) is 3. The number of hydrogen-bond donors (Lipinski definition) is 1. The Morgan fingerprint density at radius 2 is 1.47 bits per heavy atom. The summed E-state index contributed by atoms with van der Waals surface area (Å²) >= 11 is 0. The molecule has 0 bridgehead atoms. The van der Waals surface area contributed by atoms with Crippen LogP contribution in [0.4, 0.5) is 5.69 Å². The van der Waals surface area contributed by atoms with Gasteiger partial charge < -0.3 is 10.1 Å². The smallest absolute Gasteiger partial charge is 0.295 e. The number of anilines is 1. The number of ether oxygens (including phenoxy) is 1. The Labute approximate surface area is 175 Å². The van der Waals surface area contributed by atoms with Gasteiger partial charge in [0.2, 0.25) is 5.82 Å². The first-order valence-corrected chi connectivity index (χ1v) is 9.60. The highest BCUT2D eigenvalue weighted by molar-refractivity contribution is 6.01. The van der Waals surface area contributed by atoms with Crippen molar-refractivity contribution in [2.45, 2.75) is 13.8 Å². The molecule has 0 aliphatic rings. The summed E-state index contributed by atoms with van der Waals surface area (Å²) in [6, 6.07) is 23.0. The van der Waals surface area contributed by atoms with Gasteiger partial charge in [0.25, 0.3) is 5.91 Å². The van der Waals surface area contributed by atoms with E-state index in [-0.39, 0.29) is 11.7 Å². The third kappa shape index (κ3) is 4.07. The first-order chi connectivity index (χ1) is 14.5. The number of hydrogen-bond acceptors (Lipinski definition) is 4. The van der Waals surface area contributed by atoms with E-state index in [2.05, 4.69) is 15.4 Å². The van der Waals surface area contributed by atoms with E-state index < -0.39 is 0 Å². The van der Waals surface area contributed by atoms with Gasteiger partial charge in [-0.25, -0.2) is 9.67 Å². The first-order valence-electron chi connectivity index (χ1n) is 9.60. The molecule has 6 nitrogen and oxygen atoms in total. The van der Waals surface area contributed by atoms with Crippen LogP contribution in [0, 0.1) is 13.8 Å². The molecule has 1 heterocycles. The SMILES string of the molecule is COc1ccc(NC(=O)c2nc(-c3ccc(C)cc3)n(-c3ccc(C)cc3)n2)cc1. The fraction of sp³-hybridized carbons (Fsp3) is 0.125. The highest BCUT2D eigenvalue weighted by Crippen LogP contribution is 2.23. The normalized spacial score (nSPS) is 10.6. The summed E-state index contributed by atoms with van der Waals surface area (Å²) < 4.78 is 6.85. The van der Waals surface area contributed by atoms with E-state index >= 15 is 0 Å². The van der Waals surface area contributed by atoms with Crippen LogP contribution in [0.5, 0.6) is 5.75 Å². The second-order valence-corrected chi connectivity index (χ2v) is 7.06. The summed E-state index contributed by atoms with van der Waals surface area (Å²) in [6.45, 7) is 4.06. The highest BCUT2D eigenvalue weighted by Gasteiger charge is 2.19. The van der Waals surface area contributed by atoms with Crippen LogP contribution in [0.15, 0.2) is 72.8 Å². The maximum atomic E-state index is 12.8. The van der Waals surface area contributed by atoms with E-state index in [1.165, 1.54) is 0 Å². The monoisotopic (exact) mass is 398 g/mol. The van der Waals surface area contributed by atoms with Crippen molar-refractivity contribution in [2.75, 3.05) is 12.4 Å². The molecular formula is C24H22N4O2. The van der Waals surface area contributed by atoms with E-state index in [1.54, 1.807) is 36.1 Å². The molecule has 4 rings (SSSR count). The van der Waals surface area contributed by atoms with Crippen LogP contribution < -0.4 is 10.1 Å². The van der Waals surface area contributed by atoms with Crippen LogP contribution >= 0.6 is 0 Å². The van der Waals surface area contributed by atoms with Gasteiger partial charge in [0.05, 0.1) is 12.8 Å².